The van der Waals surface area contributed by atoms with E-state index in [4.69, 9.17) is 0 Å². The van der Waals surface area contributed by atoms with Crippen molar-refractivity contribution in [3.63, 3.8) is 0 Å². The normalized spacial score (nSPS) is 11.2. The number of hydrogen-bond donors (Lipinski definition) is 0. The Morgan fingerprint density at radius 1 is 1.12 bits per heavy atom. The maximum atomic E-state index is 13.1. The molecule has 0 aliphatic heterocycles. The molecule has 0 radical (unpaired) electrons. The number of nitrogens with zero attached hydrogens (tertiary/aromatic N) is 2. The number of hydrogen-bond acceptors (Lipinski definition) is 4. The second kappa shape index (κ2) is 7.06. The molecule has 0 N–H and O–H groups in total. The Morgan fingerprint density at radius 2 is 1.80 bits per heavy atom. The largest absolute Gasteiger partial charge is 0.273 e. The molecule has 0 aromatic heterocycles. The Balaban J connectivity index is 2.62. The van der Waals surface area contributed by atoms with Gasteiger partial charge in [0.15, 0.2) is 0 Å². The molecule has 0 spiro atoms. The van der Waals surface area contributed by atoms with Crippen LogP contribution in [-0.4, -0.2) is 19.9 Å². The Labute approximate surface area is 147 Å². The fraction of sp³-hybridized carbons (Fsp3) is 0.222. The zero-order valence-electron chi connectivity index (χ0n) is 14.4. The van der Waals surface area contributed by atoms with Gasteiger partial charge in [-0.1, -0.05) is 29.8 Å². The van der Waals surface area contributed by atoms with Gasteiger partial charge in [0.1, 0.15) is 0 Å². The minimum atomic E-state index is -3.97. The van der Waals surface area contributed by atoms with Crippen LogP contribution >= 0.6 is 0 Å². The van der Waals surface area contributed by atoms with Crippen molar-refractivity contribution in [3.8, 4) is 0 Å². The molecule has 2 aromatic carbocycles. The van der Waals surface area contributed by atoms with Gasteiger partial charge in [-0.15, -0.1) is 6.58 Å². The lowest BCUT2D eigenvalue weighted by atomic mass is 10.1. The smallest absolute Gasteiger partial charge is 0.262 e. The van der Waals surface area contributed by atoms with Crippen molar-refractivity contribution >= 4 is 21.4 Å². The van der Waals surface area contributed by atoms with Crippen LogP contribution in [0, 0.1) is 30.9 Å². The van der Waals surface area contributed by atoms with Gasteiger partial charge in [-0.25, -0.2) is 8.42 Å². The lowest BCUT2D eigenvalue weighted by Crippen LogP contribution is -2.31. The van der Waals surface area contributed by atoms with E-state index in [-0.39, 0.29) is 17.1 Å². The number of aryl methyl sites for hydroxylation is 3. The van der Waals surface area contributed by atoms with Crippen molar-refractivity contribution in [2.75, 3.05) is 10.8 Å². The first-order chi connectivity index (χ1) is 11.7. The number of rotatable bonds is 6. The second-order valence-electron chi connectivity index (χ2n) is 5.82. The predicted octanol–water partition coefficient (Wildman–Crippen LogP) is 3.90. The van der Waals surface area contributed by atoms with Crippen LogP contribution in [0.4, 0.5) is 11.4 Å². The van der Waals surface area contributed by atoms with Gasteiger partial charge in [0.25, 0.3) is 15.7 Å². The van der Waals surface area contributed by atoms with Gasteiger partial charge in [0.2, 0.25) is 0 Å². The topological polar surface area (TPSA) is 80.5 Å². The van der Waals surface area contributed by atoms with Crippen molar-refractivity contribution in [1.82, 2.24) is 0 Å². The zero-order chi connectivity index (χ0) is 18.8. The predicted molar refractivity (Wildman–Crippen MR) is 98.5 cm³/mol. The average molecular weight is 360 g/mol. The minimum absolute atomic E-state index is 0.0634. The van der Waals surface area contributed by atoms with Gasteiger partial charge in [0.05, 0.1) is 22.1 Å². The molecule has 2 rings (SSSR count). The highest BCUT2D eigenvalue weighted by atomic mass is 32.2. The summed E-state index contributed by atoms with van der Waals surface area (Å²) in [5, 5.41) is 11.1. The van der Waals surface area contributed by atoms with E-state index in [0.717, 1.165) is 17.2 Å². The van der Waals surface area contributed by atoms with Gasteiger partial charge in [-0.3, -0.25) is 14.4 Å². The quantitative estimate of drug-likeness (QED) is 0.444. The number of anilines is 1. The maximum absolute atomic E-state index is 13.1. The second-order valence-corrected chi connectivity index (χ2v) is 7.68. The van der Waals surface area contributed by atoms with Crippen LogP contribution in [0.2, 0.25) is 0 Å². The molecule has 0 heterocycles. The van der Waals surface area contributed by atoms with Crippen LogP contribution in [0.5, 0.6) is 0 Å². The molecule has 25 heavy (non-hydrogen) atoms. The molecule has 6 nitrogen and oxygen atoms in total. The first kappa shape index (κ1) is 18.7. The summed E-state index contributed by atoms with van der Waals surface area (Å²) in [6.07, 6.45) is 1.49. The number of benzene rings is 2. The first-order valence-corrected chi connectivity index (χ1v) is 9.08. The summed E-state index contributed by atoms with van der Waals surface area (Å²) in [4.78, 5) is 10.4. The summed E-state index contributed by atoms with van der Waals surface area (Å²) in [7, 11) is -3.97. The molecular weight excluding hydrogens is 340 g/mol. The van der Waals surface area contributed by atoms with E-state index in [0.29, 0.717) is 11.3 Å². The van der Waals surface area contributed by atoms with Crippen molar-refractivity contribution in [2.45, 2.75) is 25.7 Å². The molecule has 7 heteroatoms. The molecule has 0 saturated carbocycles. The molecule has 0 unspecified atom stereocenters. The summed E-state index contributed by atoms with van der Waals surface area (Å²) in [6, 6.07) is 9.37. The van der Waals surface area contributed by atoms with Gasteiger partial charge in [0, 0.05) is 11.6 Å². The van der Waals surface area contributed by atoms with Crippen LogP contribution in [0.3, 0.4) is 0 Å². The molecule has 132 valence electrons. The average Bonchev–Trinajstić information content (AvgIpc) is 2.53. The van der Waals surface area contributed by atoms with E-state index in [1.807, 2.05) is 26.0 Å². The van der Waals surface area contributed by atoms with Crippen molar-refractivity contribution in [2.24, 2.45) is 0 Å². The van der Waals surface area contributed by atoms with E-state index in [9.17, 15) is 18.5 Å². The monoisotopic (exact) mass is 360 g/mol. The van der Waals surface area contributed by atoms with Gasteiger partial charge in [-0.2, -0.15) is 0 Å². The van der Waals surface area contributed by atoms with Crippen LogP contribution in [0.25, 0.3) is 0 Å². The van der Waals surface area contributed by atoms with E-state index < -0.39 is 14.9 Å². The van der Waals surface area contributed by atoms with E-state index in [2.05, 4.69) is 6.58 Å². The van der Waals surface area contributed by atoms with Gasteiger partial charge < -0.3 is 0 Å². The Bertz CT molecular complexity index is 936. The highest BCUT2D eigenvalue weighted by Crippen LogP contribution is 2.30. The molecule has 0 saturated heterocycles. The van der Waals surface area contributed by atoms with Crippen molar-refractivity contribution < 1.29 is 13.3 Å². The SMILES string of the molecule is C=CCN(c1ccc(C)cc1C)S(=O)(=O)c1ccc(C)c([N+](=O)[O-])c1. The first-order valence-electron chi connectivity index (χ1n) is 7.64. The lowest BCUT2D eigenvalue weighted by Gasteiger charge is -2.25. The van der Waals surface area contributed by atoms with Gasteiger partial charge >= 0.3 is 0 Å². The van der Waals surface area contributed by atoms with Gasteiger partial charge in [-0.05, 0) is 38.5 Å². The number of sulfonamides is 1. The summed E-state index contributed by atoms with van der Waals surface area (Å²) in [6.45, 7) is 9.01. The van der Waals surface area contributed by atoms with Crippen molar-refractivity contribution in [1.29, 1.82) is 0 Å². The fourth-order valence-corrected chi connectivity index (χ4v) is 4.12. The van der Waals surface area contributed by atoms with E-state index in [1.165, 1.54) is 22.5 Å². The molecular formula is C18H20N2O4S. The highest BCUT2D eigenvalue weighted by molar-refractivity contribution is 7.92. The van der Waals surface area contributed by atoms with E-state index in [1.54, 1.807) is 13.0 Å². The Morgan fingerprint density at radius 3 is 2.36 bits per heavy atom. The number of nitro groups is 1. The third-order valence-electron chi connectivity index (χ3n) is 3.88. The maximum Gasteiger partial charge on any atom is 0.273 e. The molecule has 2 aromatic rings. The molecule has 0 aliphatic rings. The third-order valence-corrected chi connectivity index (χ3v) is 5.66. The molecule has 0 atom stereocenters. The molecule has 0 fully saturated rings. The van der Waals surface area contributed by atoms with Crippen LogP contribution in [0.15, 0.2) is 53.9 Å². The molecule has 0 bridgehead atoms. The standard InChI is InChI=1S/C18H20N2O4S/c1-5-10-19(17-9-6-13(2)11-15(17)4)25(23,24)16-8-7-14(3)18(12-16)20(21)22/h5-9,11-12H,1,10H2,2-4H3. The Hall–Kier alpha value is -2.67. The Kier molecular flexibility index (Phi) is 5.27. The number of nitro benzene ring substituents is 1. The van der Waals surface area contributed by atoms with E-state index >= 15 is 0 Å². The zero-order valence-corrected chi connectivity index (χ0v) is 15.2. The van der Waals surface area contributed by atoms with Crippen LogP contribution < -0.4 is 4.31 Å². The highest BCUT2D eigenvalue weighted by Gasteiger charge is 2.27. The summed E-state index contributed by atoms with van der Waals surface area (Å²) in [5.41, 5.74) is 2.52. The molecule has 0 aliphatic carbocycles. The van der Waals surface area contributed by atoms with Crippen LogP contribution in [0.1, 0.15) is 16.7 Å². The fourth-order valence-electron chi connectivity index (χ4n) is 2.60. The summed E-state index contributed by atoms with van der Waals surface area (Å²) in [5.74, 6) is 0. The minimum Gasteiger partial charge on any atom is -0.262 e. The third kappa shape index (κ3) is 3.71. The summed E-state index contributed by atoms with van der Waals surface area (Å²) >= 11 is 0. The summed E-state index contributed by atoms with van der Waals surface area (Å²) < 4.78 is 27.4. The lowest BCUT2D eigenvalue weighted by molar-refractivity contribution is -0.385. The van der Waals surface area contributed by atoms with Crippen LogP contribution in [-0.2, 0) is 10.0 Å². The van der Waals surface area contributed by atoms with Crippen molar-refractivity contribution in [3.05, 3.63) is 75.9 Å². The molecule has 0 amide bonds.